The van der Waals surface area contributed by atoms with Crippen molar-refractivity contribution in [1.82, 2.24) is 5.32 Å². The largest absolute Gasteiger partial charge is 0.508 e. The maximum atomic E-state index is 13.5. The molecule has 170 valence electrons. The van der Waals surface area contributed by atoms with Crippen molar-refractivity contribution < 1.29 is 34.3 Å². The molecule has 2 aliphatic heterocycles. The Labute approximate surface area is 185 Å². The van der Waals surface area contributed by atoms with Gasteiger partial charge >= 0.3 is 5.97 Å². The molecule has 5 N–H and O–H groups in total. The number of nitro benzene ring substituents is 1. The first-order valence-electron chi connectivity index (χ1n) is 9.78. The minimum Gasteiger partial charge on any atom is -0.508 e. The number of anilines is 1. The Kier molecular flexibility index (Phi) is 5.09. The van der Waals surface area contributed by atoms with Crippen molar-refractivity contribution in [2.24, 2.45) is 17.6 Å². The number of imide groups is 1. The second-order valence-corrected chi connectivity index (χ2v) is 7.86. The second-order valence-electron chi connectivity index (χ2n) is 7.86. The van der Waals surface area contributed by atoms with Crippen LogP contribution in [0.2, 0.25) is 0 Å². The highest BCUT2D eigenvalue weighted by atomic mass is 16.6. The van der Waals surface area contributed by atoms with Gasteiger partial charge in [0.2, 0.25) is 17.7 Å². The molecule has 3 amide bonds. The summed E-state index contributed by atoms with van der Waals surface area (Å²) in [6.07, 6.45) is -0.822. The predicted molar refractivity (Wildman–Crippen MR) is 111 cm³/mol. The van der Waals surface area contributed by atoms with Crippen molar-refractivity contribution in [3.63, 3.8) is 0 Å². The SMILES string of the molecule is NC(=O)CC1(C(=O)O)NC(c2ccccc2O)C2C(=O)N(c3ccccc3[N+](=O)[O-])C(=O)C21. The molecule has 0 saturated carbocycles. The number of primary amides is 1. The molecule has 2 heterocycles. The van der Waals surface area contributed by atoms with Gasteiger partial charge in [-0.3, -0.25) is 34.6 Å². The van der Waals surface area contributed by atoms with Crippen LogP contribution in [-0.4, -0.2) is 44.4 Å². The lowest BCUT2D eigenvalue weighted by atomic mass is 9.77. The fourth-order valence-electron chi connectivity index (χ4n) is 4.78. The number of nitro groups is 1. The zero-order valence-corrected chi connectivity index (χ0v) is 16.9. The van der Waals surface area contributed by atoms with Crippen LogP contribution in [0.5, 0.6) is 5.75 Å². The number of para-hydroxylation sites is 3. The molecule has 12 heteroatoms. The first kappa shape index (κ1) is 21.9. The number of hydrogen-bond acceptors (Lipinski definition) is 8. The molecule has 4 unspecified atom stereocenters. The maximum Gasteiger partial charge on any atom is 0.325 e. The third-order valence-electron chi connectivity index (χ3n) is 6.08. The summed E-state index contributed by atoms with van der Waals surface area (Å²) in [7, 11) is 0. The van der Waals surface area contributed by atoms with E-state index in [1.54, 1.807) is 6.07 Å². The summed E-state index contributed by atoms with van der Waals surface area (Å²) in [5, 5.41) is 34.6. The summed E-state index contributed by atoms with van der Waals surface area (Å²) in [4.78, 5) is 62.6. The number of carbonyl (C=O) groups excluding carboxylic acids is 3. The highest BCUT2D eigenvalue weighted by molar-refractivity contribution is 6.25. The van der Waals surface area contributed by atoms with Gasteiger partial charge in [0.25, 0.3) is 5.69 Å². The van der Waals surface area contributed by atoms with Crippen LogP contribution in [0.4, 0.5) is 11.4 Å². The number of fused-ring (bicyclic) bond motifs is 1. The van der Waals surface area contributed by atoms with E-state index in [2.05, 4.69) is 5.32 Å². The number of phenolic OH excluding ortho intramolecular Hbond substituents is 1. The molecule has 2 aromatic rings. The van der Waals surface area contributed by atoms with Gasteiger partial charge in [0.1, 0.15) is 17.0 Å². The van der Waals surface area contributed by atoms with Gasteiger partial charge in [-0.1, -0.05) is 30.3 Å². The van der Waals surface area contributed by atoms with Gasteiger partial charge in [-0.05, 0) is 12.1 Å². The summed E-state index contributed by atoms with van der Waals surface area (Å²) >= 11 is 0. The molecule has 0 bridgehead atoms. The Hall–Kier alpha value is -4.32. The zero-order chi connectivity index (χ0) is 24.1. The van der Waals surface area contributed by atoms with Crippen molar-refractivity contribution in [2.45, 2.75) is 18.0 Å². The number of amides is 3. The minimum atomic E-state index is -2.27. The Balaban J connectivity index is 1.93. The number of aromatic hydroxyl groups is 1. The lowest BCUT2D eigenvalue weighted by molar-refractivity contribution is -0.384. The number of phenols is 1. The lowest BCUT2D eigenvalue weighted by Crippen LogP contribution is -2.57. The topological polar surface area (TPSA) is 193 Å². The number of benzene rings is 2. The molecular formula is C21H18N4O8. The summed E-state index contributed by atoms with van der Waals surface area (Å²) in [6, 6.07) is 9.69. The Morgan fingerprint density at radius 2 is 1.76 bits per heavy atom. The molecule has 2 aromatic carbocycles. The van der Waals surface area contributed by atoms with Crippen LogP contribution in [-0.2, 0) is 19.2 Å². The zero-order valence-electron chi connectivity index (χ0n) is 16.9. The van der Waals surface area contributed by atoms with E-state index in [0.717, 1.165) is 6.07 Å². The van der Waals surface area contributed by atoms with Crippen molar-refractivity contribution in [3.05, 3.63) is 64.2 Å². The number of rotatable bonds is 6. The highest BCUT2D eigenvalue weighted by Crippen LogP contribution is 2.52. The molecule has 33 heavy (non-hydrogen) atoms. The predicted octanol–water partition coefficient (Wildman–Crippen LogP) is 0.449. The van der Waals surface area contributed by atoms with Crippen LogP contribution in [0.1, 0.15) is 18.0 Å². The van der Waals surface area contributed by atoms with E-state index < -0.39 is 64.1 Å². The summed E-state index contributed by atoms with van der Waals surface area (Å²) < 4.78 is 0. The van der Waals surface area contributed by atoms with Crippen molar-refractivity contribution in [1.29, 1.82) is 0 Å². The standard InChI is InChI=1S/C21H18N4O8/c22-14(27)9-21(20(30)31)16-15(17(23-21)10-5-1-4-8-13(10)26)18(28)24(19(16)29)11-6-2-3-7-12(11)25(32)33/h1-8,15-17,23,26H,9H2,(H2,22,27)(H,30,31). The summed E-state index contributed by atoms with van der Waals surface area (Å²) in [5.41, 5.74) is 2.31. The van der Waals surface area contributed by atoms with Gasteiger partial charge in [0, 0.05) is 17.7 Å². The number of nitrogens with zero attached hydrogens (tertiary/aromatic N) is 2. The van der Waals surface area contributed by atoms with Gasteiger partial charge in [-0.25, -0.2) is 4.90 Å². The van der Waals surface area contributed by atoms with Crippen LogP contribution in [0.25, 0.3) is 0 Å². The van der Waals surface area contributed by atoms with Gasteiger partial charge in [0.15, 0.2) is 0 Å². The average molecular weight is 454 g/mol. The molecule has 4 atom stereocenters. The van der Waals surface area contributed by atoms with Gasteiger partial charge in [0.05, 0.1) is 23.2 Å². The Bertz CT molecular complexity index is 1210. The van der Waals surface area contributed by atoms with Crippen molar-refractivity contribution in [3.8, 4) is 5.75 Å². The van der Waals surface area contributed by atoms with E-state index in [9.17, 15) is 39.5 Å². The Morgan fingerprint density at radius 1 is 1.12 bits per heavy atom. The number of carbonyl (C=O) groups is 4. The maximum absolute atomic E-state index is 13.5. The summed E-state index contributed by atoms with van der Waals surface area (Å²) in [5.74, 6) is -7.80. The van der Waals surface area contributed by atoms with E-state index in [0.29, 0.717) is 4.90 Å². The van der Waals surface area contributed by atoms with E-state index in [4.69, 9.17) is 5.73 Å². The number of carboxylic acids is 1. The van der Waals surface area contributed by atoms with E-state index >= 15 is 0 Å². The molecule has 2 saturated heterocycles. The van der Waals surface area contributed by atoms with E-state index in [1.165, 1.54) is 36.4 Å². The number of hydrogen-bond donors (Lipinski definition) is 4. The van der Waals surface area contributed by atoms with Crippen molar-refractivity contribution >= 4 is 35.1 Å². The third kappa shape index (κ3) is 3.19. The highest BCUT2D eigenvalue weighted by Gasteiger charge is 2.69. The molecule has 4 rings (SSSR count). The van der Waals surface area contributed by atoms with Crippen molar-refractivity contribution in [2.75, 3.05) is 4.90 Å². The van der Waals surface area contributed by atoms with Crippen LogP contribution < -0.4 is 16.0 Å². The number of nitrogens with one attached hydrogen (secondary N) is 1. The first-order valence-corrected chi connectivity index (χ1v) is 9.78. The molecule has 2 aliphatic rings. The number of carboxylic acid groups (broad SMARTS) is 1. The smallest absolute Gasteiger partial charge is 0.325 e. The monoisotopic (exact) mass is 454 g/mol. The fourth-order valence-corrected chi connectivity index (χ4v) is 4.78. The minimum absolute atomic E-state index is 0.130. The lowest BCUT2D eigenvalue weighted by Gasteiger charge is -2.30. The quantitative estimate of drug-likeness (QED) is 0.272. The third-order valence-corrected chi connectivity index (χ3v) is 6.08. The first-order chi connectivity index (χ1) is 15.6. The molecule has 0 spiro atoms. The van der Waals surface area contributed by atoms with E-state index in [1.807, 2.05) is 0 Å². The van der Waals surface area contributed by atoms with Crippen LogP contribution in [0.15, 0.2) is 48.5 Å². The van der Waals surface area contributed by atoms with Crippen LogP contribution in [0, 0.1) is 22.0 Å². The molecule has 0 aliphatic carbocycles. The van der Waals surface area contributed by atoms with Crippen LogP contribution >= 0.6 is 0 Å². The van der Waals surface area contributed by atoms with Gasteiger partial charge in [-0.15, -0.1) is 0 Å². The second kappa shape index (κ2) is 7.67. The molecular weight excluding hydrogens is 436 g/mol. The van der Waals surface area contributed by atoms with E-state index in [-0.39, 0.29) is 17.0 Å². The number of nitrogens with two attached hydrogens (primary N) is 1. The number of aliphatic carboxylic acids is 1. The summed E-state index contributed by atoms with van der Waals surface area (Å²) in [6.45, 7) is 0. The molecule has 2 fully saturated rings. The fraction of sp³-hybridized carbons (Fsp3) is 0.238. The van der Waals surface area contributed by atoms with Gasteiger partial charge in [-0.2, -0.15) is 0 Å². The molecule has 12 nitrogen and oxygen atoms in total. The van der Waals surface area contributed by atoms with Crippen LogP contribution in [0.3, 0.4) is 0 Å². The Morgan fingerprint density at radius 3 is 2.36 bits per heavy atom. The average Bonchev–Trinajstić information content (AvgIpc) is 3.22. The molecule has 0 radical (unpaired) electrons. The normalized spacial score (nSPS) is 26.3. The van der Waals surface area contributed by atoms with Gasteiger partial charge < -0.3 is 15.9 Å². The molecule has 0 aromatic heterocycles.